The van der Waals surface area contributed by atoms with Gasteiger partial charge in [0.2, 0.25) is 0 Å². The van der Waals surface area contributed by atoms with Gasteiger partial charge in [0.05, 0.1) is 0 Å². The van der Waals surface area contributed by atoms with Crippen LogP contribution in [0.4, 0.5) is 0 Å². The smallest absolute Gasteiger partial charge is 0.0261 e. The Bertz CT molecular complexity index is 449. The Morgan fingerprint density at radius 1 is 0.933 bits per heavy atom. The van der Waals surface area contributed by atoms with Crippen molar-refractivity contribution in [2.24, 2.45) is 0 Å². The summed E-state index contributed by atoms with van der Waals surface area (Å²) in [5, 5.41) is 0. The van der Waals surface area contributed by atoms with Crippen LogP contribution >= 0.6 is 22.5 Å². The molecular formula is C13H12S2. The maximum atomic E-state index is 4.29. The Hall–Kier alpha value is -0.860. The van der Waals surface area contributed by atoms with Gasteiger partial charge in [-0.1, -0.05) is 53.3 Å². The predicted molar refractivity (Wildman–Crippen MR) is 71.5 cm³/mol. The zero-order valence-corrected chi connectivity index (χ0v) is 10.2. The molecule has 0 aliphatic heterocycles. The summed E-state index contributed by atoms with van der Waals surface area (Å²) in [5.41, 5.74) is 3.84. The number of benzene rings is 2. The van der Waals surface area contributed by atoms with Crippen molar-refractivity contribution in [1.29, 1.82) is 0 Å². The first-order chi connectivity index (χ1) is 7.33. The largest absolute Gasteiger partial charge is 0.106 e. The first kappa shape index (κ1) is 10.7. The van der Waals surface area contributed by atoms with Crippen LogP contribution in [0.2, 0.25) is 0 Å². The third kappa shape index (κ3) is 2.21. The summed E-state index contributed by atoms with van der Waals surface area (Å²) in [6, 6.07) is 16.7. The van der Waals surface area contributed by atoms with E-state index in [0.29, 0.717) is 0 Å². The fourth-order valence-electron chi connectivity index (χ4n) is 1.69. The first-order valence-corrected chi connectivity index (χ1v) is 6.66. The van der Waals surface area contributed by atoms with E-state index in [2.05, 4.69) is 61.0 Å². The molecule has 0 saturated carbocycles. The fraction of sp³-hybridized carbons (Fsp3) is 0.0769. The van der Waals surface area contributed by atoms with Crippen LogP contribution in [0.1, 0.15) is 5.56 Å². The molecule has 0 unspecified atom stereocenters. The van der Waals surface area contributed by atoms with Gasteiger partial charge >= 0.3 is 0 Å². The zero-order valence-electron chi connectivity index (χ0n) is 8.47. The second-order valence-corrected chi connectivity index (χ2v) is 4.58. The summed E-state index contributed by atoms with van der Waals surface area (Å²) in [5.74, 6) is 0. The summed E-state index contributed by atoms with van der Waals surface area (Å²) < 4.78 is 0. The molecule has 2 rings (SSSR count). The zero-order chi connectivity index (χ0) is 10.7. The Morgan fingerprint density at radius 3 is 2.33 bits per heavy atom. The molecule has 76 valence electrons. The number of thiol groups is 1. The highest BCUT2D eigenvalue weighted by molar-refractivity contribution is 8.68. The van der Waals surface area contributed by atoms with Gasteiger partial charge < -0.3 is 0 Å². The van der Waals surface area contributed by atoms with Crippen LogP contribution in [-0.2, 0) is 0 Å². The van der Waals surface area contributed by atoms with Crippen molar-refractivity contribution in [2.75, 3.05) is 0 Å². The summed E-state index contributed by atoms with van der Waals surface area (Å²) in [6.45, 7) is 2.13. The quantitative estimate of drug-likeness (QED) is 0.583. The number of hydrogen-bond acceptors (Lipinski definition) is 2. The molecule has 0 nitrogen and oxygen atoms in total. The summed E-state index contributed by atoms with van der Waals surface area (Å²) in [4.78, 5) is 1.21. The minimum atomic E-state index is 1.21. The molecule has 2 aromatic carbocycles. The molecule has 0 saturated heterocycles. The van der Waals surface area contributed by atoms with Crippen molar-refractivity contribution in [3.05, 3.63) is 54.1 Å². The Labute approximate surface area is 99.5 Å². The van der Waals surface area contributed by atoms with Gasteiger partial charge in [-0.15, -0.1) is 11.7 Å². The van der Waals surface area contributed by atoms with E-state index in [-0.39, 0.29) is 0 Å². The molecule has 2 aromatic rings. The fourth-order valence-corrected chi connectivity index (χ4v) is 2.66. The van der Waals surface area contributed by atoms with Crippen molar-refractivity contribution >= 4 is 22.5 Å². The van der Waals surface area contributed by atoms with Crippen LogP contribution in [0.25, 0.3) is 11.1 Å². The monoisotopic (exact) mass is 232 g/mol. The lowest BCUT2D eigenvalue weighted by Crippen LogP contribution is -1.85. The second-order valence-electron chi connectivity index (χ2n) is 3.41. The molecule has 0 fully saturated rings. The summed E-state index contributed by atoms with van der Waals surface area (Å²) in [6.07, 6.45) is 0. The first-order valence-electron chi connectivity index (χ1n) is 4.79. The van der Waals surface area contributed by atoms with Crippen molar-refractivity contribution in [3.8, 4) is 11.1 Å². The van der Waals surface area contributed by atoms with E-state index in [1.807, 2.05) is 6.07 Å². The highest BCUT2D eigenvalue weighted by Gasteiger charge is 2.06. The average molecular weight is 232 g/mol. The van der Waals surface area contributed by atoms with Crippen LogP contribution in [-0.4, -0.2) is 0 Å². The molecule has 0 N–H and O–H groups in total. The van der Waals surface area contributed by atoms with E-state index < -0.39 is 0 Å². The van der Waals surface area contributed by atoms with Crippen molar-refractivity contribution < 1.29 is 0 Å². The van der Waals surface area contributed by atoms with Gasteiger partial charge in [0.15, 0.2) is 0 Å². The predicted octanol–water partition coefficient (Wildman–Crippen LogP) is 4.60. The topological polar surface area (TPSA) is 0 Å². The molecule has 15 heavy (non-hydrogen) atoms. The van der Waals surface area contributed by atoms with E-state index in [1.165, 1.54) is 32.4 Å². The van der Waals surface area contributed by atoms with Gasteiger partial charge in [0.25, 0.3) is 0 Å². The lowest BCUT2D eigenvalue weighted by molar-refractivity contribution is 1.36. The van der Waals surface area contributed by atoms with Gasteiger partial charge in [-0.3, -0.25) is 0 Å². The highest BCUT2D eigenvalue weighted by atomic mass is 33.1. The van der Waals surface area contributed by atoms with Crippen molar-refractivity contribution in [3.63, 3.8) is 0 Å². The van der Waals surface area contributed by atoms with Crippen molar-refractivity contribution in [1.82, 2.24) is 0 Å². The minimum absolute atomic E-state index is 1.21. The highest BCUT2D eigenvalue weighted by Crippen LogP contribution is 2.35. The molecular weight excluding hydrogens is 220 g/mol. The van der Waals surface area contributed by atoms with E-state index >= 15 is 0 Å². The lowest BCUT2D eigenvalue weighted by Gasteiger charge is -2.10. The summed E-state index contributed by atoms with van der Waals surface area (Å²) in [7, 11) is 1.50. The normalized spacial score (nSPS) is 10.3. The van der Waals surface area contributed by atoms with Crippen LogP contribution < -0.4 is 0 Å². The molecule has 0 aliphatic rings. The maximum Gasteiger partial charge on any atom is 0.0261 e. The molecule has 0 bridgehead atoms. The average Bonchev–Trinajstić information content (AvgIpc) is 2.29. The second kappa shape index (κ2) is 4.77. The molecule has 0 spiro atoms. The van der Waals surface area contributed by atoms with Crippen LogP contribution in [0.3, 0.4) is 0 Å². The Balaban J connectivity index is 2.61. The minimum Gasteiger partial charge on any atom is -0.106 e. The molecule has 0 heterocycles. The SMILES string of the molecule is Cc1cccc(SS)c1-c1ccccc1. The molecule has 0 atom stereocenters. The van der Waals surface area contributed by atoms with Crippen LogP contribution in [0.5, 0.6) is 0 Å². The van der Waals surface area contributed by atoms with Gasteiger partial charge in [0, 0.05) is 4.90 Å². The van der Waals surface area contributed by atoms with Gasteiger partial charge in [-0.05, 0) is 29.7 Å². The van der Waals surface area contributed by atoms with E-state index in [9.17, 15) is 0 Å². The molecule has 2 heteroatoms. The molecule has 0 aliphatic carbocycles. The number of aryl methyl sites for hydroxylation is 1. The van der Waals surface area contributed by atoms with E-state index in [0.717, 1.165) is 0 Å². The standard InChI is InChI=1S/C13H12S2/c1-10-6-5-9-12(15-14)13(10)11-7-3-2-4-8-11/h2-9,14H,1H3. The lowest BCUT2D eigenvalue weighted by atomic mass is 10.0. The van der Waals surface area contributed by atoms with Gasteiger partial charge in [0.1, 0.15) is 0 Å². The summed E-state index contributed by atoms with van der Waals surface area (Å²) >= 11 is 4.29. The molecule has 0 amide bonds. The van der Waals surface area contributed by atoms with Crippen molar-refractivity contribution in [2.45, 2.75) is 11.8 Å². The molecule has 0 aromatic heterocycles. The number of hydrogen-bond donors (Lipinski definition) is 1. The third-order valence-electron chi connectivity index (χ3n) is 2.40. The van der Waals surface area contributed by atoms with E-state index in [4.69, 9.17) is 0 Å². The van der Waals surface area contributed by atoms with E-state index in [1.54, 1.807) is 0 Å². The number of rotatable bonds is 2. The van der Waals surface area contributed by atoms with Gasteiger partial charge in [-0.2, -0.15) is 0 Å². The maximum absolute atomic E-state index is 4.29. The van der Waals surface area contributed by atoms with Crippen LogP contribution in [0, 0.1) is 6.92 Å². The van der Waals surface area contributed by atoms with Gasteiger partial charge in [-0.25, -0.2) is 0 Å². The Kier molecular flexibility index (Phi) is 3.39. The Morgan fingerprint density at radius 2 is 1.67 bits per heavy atom. The molecule has 0 radical (unpaired) electrons. The van der Waals surface area contributed by atoms with Crippen LogP contribution in [0.15, 0.2) is 53.4 Å². The third-order valence-corrected chi connectivity index (χ3v) is 3.52.